The van der Waals surface area contributed by atoms with Crippen LogP contribution in [0.3, 0.4) is 0 Å². The summed E-state index contributed by atoms with van der Waals surface area (Å²) >= 11 is 0. The van der Waals surface area contributed by atoms with Crippen molar-refractivity contribution in [2.75, 3.05) is 0 Å². The van der Waals surface area contributed by atoms with Gasteiger partial charge in [0, 0.05) is 17.6 Å². The first-order valence-electron chi connectivity index (χ1n) is 4.35. The highest BCUT2D eigenvalue weighted by Gasteiger charge is 2.29. The summed E-state index contributed by atoms with van der Waals surface area (Å²) in [6.07, 6.45) is 0.0762. The lowest BCUT2D eigenvalue weighted by atomic mass is 10.0. The van der Waals surface area contributed by atoms with E-state index in [1.165, 1.54) is 0 Å². The number of phenols is 1. The normalized spacial score (nSPS) is 21.0. The van der Waals surface area contributed by atoms with Crippen LogP contribution in [-0.2, 0) is 9.53 Å². The summed E-state index contributed by atoms with van der Waals surface area (Å²) in [7, 11) is 0. The van der Waals surface area contributed by atoms with Gasteiger partial charge in [0.15, 0.2) is 0 Å². The molecule has 14 heavy (non-hydrogen) atoms. The lowest BCUT2D eigenvalue weighted by Gasteiger charge is -2.09. The van der Waals surface area contributed by atoms with Gasteiger partial charge in [0.2, 0.25) is 0 Å². The number of rotatable bonds is 1. The Hall–Kier alpha value is -1.77. The van der Waals surface area contributed by atoms with Crippen molar-refractivity contribution in [3.8, 4) is 5.75 Å². The highest BCUT2D eigenvalue weighted by Crippen LogP contribution is 2.36. The zero-order valence-electron chi connectivity index (χ0n) is 7.56. The smallest absolute Gasteiger partial charge is 0.334 e. The summed E-state index contributed by atoms with van der Waals surface area (Å²) in [5.41, 5.74) is 1.10. The van der Waals surface area contributed by atoms with Gasteiger partial charge < -0.3 is 9.84 Å². The molecule has 0 saturated carbocycles. The molecule has 0 aliphatic carbocycles. The fraction of sp³-hybridized carbons (Fsp3) is 0.182. The highest BCUT2D eigenvalue weighted by molar-refractivity contribution is 5.90. The standard InChI is InChI=1S/C11H10O3/c1-7-6-10(14-11(7)13)8-4-2-3-5-9(8)12/h2-5,10,12H,1,6H2. The summed E-state index contributed by atoms with van der Waals surface area (Å²) in [5.74, 6) is -0.224. The number of hydrogen-bond acceptors (Lipinski definition) is 3. The summed E-state index contributed by atoms with van der Waals surface area (Å²) < 4.78 is 5.04. The zero-order chi connectivity index (χ0) is 10.1. The van der Waals surface area contributed by atoms with E-state index in [2.05, 4.69) is 6.58 Å². The maximum absolute atomic E-state index is 11.1. The van der Waals surface area contributed by atoms with Gasteiger partial charge in [-0.1, -0.05) is 24.8 Å². The van der Waals surface area contributed by atoms with Crippen LogP contribution in [-0.4, -0.2) is 11.1 Å². The van der Waals surface area contributed by atoms with E-state index in [9.17, 15) is 9.90 Å². The van der Waals surface area contributed by atoms with Crippen molar-refractivity contribution in [2.24, 2.45) is 0 Å². The second-order valence-corrected chi connectivity index (χ2v) is 3.26. The minimum absolute atomic E-state index is 0.153. The molecule has 2 rings (SSSR count). The van der Waals surface area contributed by atoms with Crippen molar-refractivity contribution < 1.29 is 14.6 Å². The number of cyclic esters (lactones) is 1. The minimum atomic E-state index is -0.379. The molecule has 1 saturated heterocycles. The molecule has 1 aliphatic heterocycles. The summed E-state index contributed by atoms with van der Waals surface area (Å²) in [6.45, 7) is 3.58. The van der Waals surface area contributed by atoms with Crippen molar-refractivity contribution in [1.82, 2.24) is 0 Å². The number of esters is 1. The zero-order valence-corrected chi connectivity index (χ0v) is 7.56. The third-order valence-electron chi connectivity index (χ3n) is 2.25. The number of phenolic OH excluding ortho intramolecular Hbond substituents is 1. The van der Waals surface area contributed by atoms with Crippen LogP contribution in [0.2, 0.25) is 0 Å². The van der Waals surface area contributed by atoms with E-state index in [0.29, 0.717) is 17.6 Å². The van der Waals surface area contributed by atoms with Crippen molar-refractivity contribution in [3.05, 3.63) is 42.0 Å². The molecule has 1 fully saturated rings. The SMILES string of the molecule is C=C1CC(c2ccccc2O)OC1=O. The van der Waals surface area contributed by atoms with E-state index in [-0.39, 0.29) is 17.8 Å². The van der Waals surface area contributed by atoms with Crippen molar-refractivity contribution in [2.45, 2.75) is 12.5 Å². The van der Waals surface area contributed by atoms with Crippen LogP contribution in [0.4, 0.5) is 0 Å². The molecule has 0 radical (unpaired) electrons. The van der Waals surface area contributed by atoms with Crippen LogP contribution in [0.5, 0.6) is 5.75 Å². The van der Waals surface area contributed by atoms with Crippen molar-refractivity contribution in [1.29, 1.82) is 0 Å². The van der Waals surface area contributed by atoms with Gasteiger partial charge in [0.05, 0.1) is 0 Å². The van der Waals surface area contributed by atoms with E-state index in [0.717, 1.165) is 0 Å². The molecule has 0 spiro atoms. The molecule has 0 aromatic heterocycles. The lowest BCUT2D eigenvalue weighted by Crippen LogP contribution is -1.98. The van der Waals surface area contributed by atoms with Gasteiger partial charge in [-0.05, 0) is 6.07 Å². The second-order valence-electron chi connectivity index (χ2n) is 3.26. The van der Waals surface area contributed by atoms with Crippen LogP contribution in [0.15, 0.2) is 36.4 Å². The molecule has 1 aromatic carbocycles. The Morgan fingerprint density at radius 1 is 1.43 bits per heavy atom. The Kier molecular flexibility index (Phi) is 2.00. The molecular formula is C11H10O3. The minimum Gasteiger partial charge on any atom is -0.508 e. The molecule has 72 valence electrons. The molecule has 1 unspecified atom stereocenters. The van der Waals surface area contributed by atoms with Crippen LogP contribution in [0.25, 0.3) is 0 Å². The molecular weight excluding hydrogens is 180 g/mol. The lowest BCUT2D eigenvalue weighted by molar-refractivity contribution is -0.139. The molecule has 3 nitrogen and oxygen atoms in total. The number of carbonyl (C=O) groups is 1. The van der Waals surface area contributed by atoms with Gasteiger partial charge in [-0.25, -0.2) is 4.79 Å². The maximum Gasteiger partial charge on any atom is 0.334 e. The van der Waals surface area contributed by atoms with Gasteiger partial charge >= 0.3 is 5.97 Å². The molecule has 1 N–H and O–H groups in total. The van der Waals surface area contributed by atoms with E-state index in [4.69, 9.17) is 4.74 Å². The molecule has 1 atom stereocenters. The van der Waals surface area contributed by atoms with Crippen LogP contribution in [0.1, 0.15) is 18.1 Å². The number of carbonyl (C=O) groups excluding carboxylic acids is 1. The van der Waals surface area contributed by atoms with Crippen LogP contribution in [0, 0.1) is 0 Å². The van der Waals surface area contributed by atoms with Gasteiger partial charge in [0.25, 0.3) is 0 Å². The molecule has 1 aromatic rings. The monoisotopic (exact) mass is 190 g/mol. The van der Waals surface area contributed by atoms with Crippen LogP contribution < -0.4 is 0 Å². The van der Waals surface area contributed by atoms with Crippen molar-refractivity contribution in [3.63, 3.8) is 0 Å². The van der Waals surface area contributed by atoms with Crippen LogP contribution >= 0.6 is 0 Å². The molecule has 1 aliphatic rings. The largest absolute Gasteiger partial charge is 0.508 e. The first-order chi connectivity index (χ1) is 6.68. The summed E-state index contributed by atoms with van der Waals surface area (Å²) in [4.78, 5) is 11.1. The van der Waals surface area contributed by atoms with Gasteiger partial charge in [0.1, 0.15) is 11.9 Å². The number of para-hydroxylation sites is 1. The second kappa shape index (κ2) is 3.18. The van der Waals surface area contributed by atoms with E-state index in [1.54, 1.807) is 24.3 Å². The Morgan fingerprint density at radius 3 is 2.71 bits per heavy atom. The molecule has 0 amide bonds. The number of ether oxygens (including phenoxy) is 1. The summed E-state index contributed by atoms with van der Waals surface area (Å²) in [6, 6.07) is 6.84. The molecule has 0 bridgehead atoms. The average molecular weight is 190 g/mol. The maximum atomic E-state index is 11.1. The van der Waals surface area contributed by atoms with E-state index in [1.807, 2.05) is 0 Å². The molecule has 3 heteroatoms. The first-order valence-corrected chi connectivity index (χ1v) is 4.35. The Bertz CT molecular complexity index is 379. The Labute approximate surface area is 81.6 Å². The fourth-order valence-corrected chi connectivity index (χ4v) is 1.49. The number of aromatic hydroxyl groups is 1. The average Bonchev–Trinajstić information content (AvgIpc) is 2.48. The van der Waals surface area contributed by atoms with E-state index >= 15 is 0 Å². The van der Waals surface area contributed by atoms with Gasteiger partial charge in [-0.2, -0.15) is 0 Å². The predicted molar refractivity (Wildman–Crippen MR) is 50.7 cm³/mol. The van der Waals surface area contributed by atoms with Gasteiger partial charge in [-0.15, -0.1) is 0 Å². The fourth-order valence-electron chi connectivity index (χ4n) is 1.49. The predicted octanol–water partition coefficient (Wildman–Crippen LogP) is 1.94. The summed E-state index contributed by atoms with van der Waals surface area (Å²) in [5, 5.41) is 9.52. The Morgan fingerprint density at radius 2 is 2.14 bits per heavy atom. The highest BCUT2D eigenvalue weighted by atomic mass is 16.5. The quantitative estimate of drug-likeness (QED) is 0.543. The van der Waals surface area contributed by atoms with Gasteiger partial charge in [-0.3, -0.25) is 0 Å². The first kappa shape index (κ1) is 8.81. The topological polar surface area (TPSA) is 46.5 Å². The van der Waals surface area contributed by atoms with E-state index < -0.39 is 0 Å². The molecule has 1 heterocycles. The Balaban J connectivity index is 2.30. The third kappa shape index (κ3) is 1.37. The number of hydrogen-bond donors (Lipinski definition) is 1. The number of benzene rings is 1. The third-order valence-corrected chi connectivity index (χ3v) is 2.25. The van der Waals surface area contributed by atoms with Crippen molar-refractivity contribution >= 4 is 5.97 Å².